The second kappa shape index (κ2) is 8.40. The van der Waals surface area contributed by atoms with Gasteiger partial charge < -0.3 is 24.0 Å². The minimum Gasteiger partial charge on any atom is -0.493 e. The quantitative estimate of drug-likeness (QED) is 0.760. The molecule has 1 aromatic carbocycles. The fourth-order valence-corrected chi connectivity index (χ4v) is 3.47. The van der Waals surface area contributed by atoms with Gasteiger partial charge in [-0.3, -0.25) is 9.59 Å². The number of rotatable bonds is 6. The van der Waals surface area contributed by atoms with Crippen LogP contribution in [0, 0.1) is 5.92 Å². The van der Waals surface area contributed by atoms with Crippen molar-refractivity contribution >= 4 is 11.8 Å². The molecule has 1 unspecified atom stereocenters. The molecule has 2 fully saturated rings. The number of benzene rings is 1. The Morgan fingerprint density at radius 1 is 1.08 bits per heavy atom. The normalized spacial score (nSPS) is 20.5. The maximum atomic E-state index is 12.7. The number of methoxy groups -OCH3 is 2. The van der Waals surface area contributed by atoms with Crippen LogP contribution in [0.15, 0.2) is 24.3 Å². The van der Waals surface area contributed by atoms with Crippen molar-refractivity contribution in [3.05, 3.63) is 24.3 Å². The fraction of sp³-hybridized carbons (Fsp3) is 0.579. The number of carbonyl (C=O) groups excluding carboxylic acids is 2. The van der Waals surface area contributed by atoms with Gasteiger partial charge in [0.2, 0.25) is 11.8 Å². The molecule has 2 saturated heterocycles. The van der Waals surface area contributed by atoms with Crippen LogP contribution >= 0.6 is 0 Å². The van der Waals surface area contributed by atoms with Gasteiger partial charge in [0.25, 0.3) is 0 Å². The van der Waals surface area contributed by atoms with E-state index in [1.165, 1.54) is 7.11 Å². The van der Waals surface area contributed by atoms with Crippen molar-refractivity contribution in [3.63, 3.8) is 0 Å². The Hall–Kier alpha value is -2.28. The lowest BCUT2D eigenvalue weighted by atomic mass is 9.94. The van der Waals surface area contributed by atoms with Crippen molar-refractivity contribution in [2.24, 2.45) is 5.92 Å². The molecule has 0 aliphatic carbocycles. The van der Waals surface area contributed by atoms with Crippen LogP contribution in [0.1, 0.15) is 12.8 Å². The Morgan fingerprint density at radius 2 is 1.81 bits per heavy atom. The molecule has 142 valence electrons. The highest BCUT2D eigenvalue weighted by Crippen LogP contribution is 2.29. The van der Waals surface area contributed by atoms with Crippen LogP contribution in [-0.4, -0.2) is 74.7 Å². The van der Waals surface area contributed by atoms with Crippen LogP contribution in [0.25, 0.3) is 0 Å². The number of ether oxygens (including phenoxy) is 3. The van der Waals surface area contributed by atoms with Gasteiger partial charge in [0, 0.05) is 20.2 Å². The van der Waals surface area contributed by atoms with Crippen LogP contribution in [0.4, 0.5) is 0 Å². The van der Waals surface area contributed by atoms with E-state index >= 15 is 0 Å². The van der Waals surface area contributed by atoms with Gasteiger partial charge in [0.1, 0.15) is 12.7 Å². The first-order chi connectivity index (χ1) is 12.6. The zero-order chi connectivity index (χ0) is 18.5. The van der Waals surface area contributed by atoms with Gasteiger partial charge in [-0.05, 0) is 25.0 Å². The van der Waals surface area contributed by atoms with E-state index in [2.05, 4.69) is 0 Å². The number of nitrogens with zero attached hydrogens (tertiary/aromatic N) is 2. The predicted octanol–water partition coefficient (Wildman–Crippen LogP) is 1.17. The molecule has 2 aliphatic rings. The molecular weight excluding hydrogens is 336 g/mol. The summed E-state index contributed by atoms with van der Waals surface area (Å²) < 4.78 is 16.1. The summed E-state index contributed by atoms with van der Waals surface area (Å²) in [5, 5.41) is 0. The van der Waals surface area contributed by atoms with Crippen molar-refractivity contribution in [3.8, 4) is 11.5 Å². The van der Waals surface area contributed by atoms with Gasteiger partial charge in [0.15, 0.2) is 11.5 Å². The summed E-state index contributed by atoms with van der Waals surface area (Å²) >= 11 is 0. The standard InChI is InChI=1S/C19H26N2O5/c1-24-13-18(22)20-9-5-6-14(10-20)19(23)21-11-15(12-21)26-17-8-4-3-7-16(17)25-2/h3-4,7-8,14-15H,5-6,9-13H2,1-2H3. The van der Waals surface area contributed by atoms with Crippen molar-refractivity contribution in [1.82, 2.24) is 9.80 Å². The highest BCUT2D eigenvalue weighted by atomic mass is 16.5. The van der Waals surface area contributed by atoms with E-state index < -0.39 is 0 Å². The lowest BCUT2D eigenvalue weighted by Gasteiger charge is -2.42. The number of para-hydroxylation sites is 2. The summed E-state index contributed by atoms with van der Waals surface area (Å²) in [6.45, 7) is 2.39. The van der Waals surface area contributed by atoms with Crippen LogP contribution in [0.2, 0.25) is 0 Å². The second-order valence-electron chi connectivity index (χ2n) is 6.75. The summed E-state index contributed by atoms with van der Waals surface area (Å²) in [6.07, 6.45) is 1.65. The topological polar surface area (TPSA) is 68.3 Å². The molecule has 1 aromatic rings. The molecule has 0 bridgehead atoms. The van der Waals surface area contributed by atoms with E-state index in [-0.39, 0.29) is 30.4 Å². The molecule has 0 saturated carbocycles. The highest BCUT2D eigenvalue weighted by Gasteiger charge is 2.38. The van der Waals surface area contributed by atoms with Gasteiger partial charge >= 0.3 is 0 Å². The third kappa shape index (κ3) is 4.09. The van der Waals surface area contributed by atoms with Gasteiger partial charge in [-0.25, -0.2) is 0 Å². The SMILES string of the molecule is COCC(=O)N1CCCC(C(=O)N2CC(Oc3ccccc3OC)C2)C1. The highest BCUT2D eigenvalue weighted by molar-refractivity contribution is 5.82. The van der Waals surface area contributed by atoms with E-state index in [9.17, 15) is 9.59 Å². The molecule has 3 rings (SSSR count). The van der Waals surface area contributed by atoms with E-state index in [1.54, 1.807) is 12.0 Å². The molecule has 1 atom stereocenters. The Balaban J connectivity index is 1.49. The minimum atomic E-state index is -0.128. The molecule has 2 heterocycles. The van der Waals surface area contributed by atoms with Crippen LogP contribution in [-0.2, 0) is 14.3 Å². The first-order valence-corrected chi connectivity index (χ1v) is 8.97. The first kappa shape index (κ1) is 18.5. The summed E-state index contributed by atoms with van der Waals surface area (Å²) in [5.74, 6) is 1.32. The average molecular weight is 362 g/mol. The third-order valence-electron chi connectivity index (χ3n) is 4.91. The van der Waals surface area contributed by atoms with Crippen molar-refractivity contribution in [2.75, 3.05) is 47.0 Å². The largest absolute Gasteiger partial charge is 0.493 e. The van der Waals surface area contributed by atoms with Gasteiger partial charge in [-0.15, -0.1) is 0 Å². The molecule has 26 heavy (non-hydrogen) atoms. The molecule has 0 aromatic heterocycles. The Labute approximate surface area is 153 Å². The van der Waals surface area contributed by atoms with Gasteiger partial charge in [-0.1, -0.05) is 12.1 Å². The summed E-state index contributed by atoms with van der Waals surface area (Å²) in [5.41, 5.74) is 0. The van der Waals surface area contributed by atoms with Crippen molar-refractivity contribution < 1.29 is 23.8 Å². The number of hydrogen-bond donors (Lipinski definition) is 0. The molecule has 0 radical (unpaired) electrons. The number of amides is 2. The maximum absolute atomic E-state index is 12.7. The Kier molecular flexibility index (Phi) is 5.98. The smallest absolute Gasteiger partial charge is 0.248 e. The number of hydrogen-bond acceptors (Lipinski definition) is 5. The lowest BCUT2D eigenvalue weighted by Crippen LogP contribution is -2.59. The maximum Gasteiger partial charge on any atom is 0.248 e. The van der Waals surface area contributed by atoms with E-state index in [4.69, 9.17) is 14.2 Å². The fourth-order valence-electron chi connectivity index (χ4n) is 3.47. The van der Waals surface area contributed by atoms with Gasteiger partial charge in [-0.2, -0.15) is 0 Å². The van der Waals surface area contributed by atoms with Crippen LogP contribution in [0.5, 0.6) is 11.5 Å². The van der Waals surface area contributed by atoms with Crippen LogP contribution in [0.3, 0.4) is 0 Å². The monoisotopic (exact) mass is 362 g/mol. The zero-order valence-electron chi connectivity index (χ0n) is 15.3. The summed E-state index contributed by atoms with van der Waals surface area (Å²) in [6, 6.07) is 7.50. The predicted molar refractivity (Wildman–Crippen MR) is 95.2 cm³/mol. The molecule has 0 spiro atoms. The summed E-state index contributed by atoms with van der Waals surface area (Å²) in [4.78, 5) is 28.2. The van der Waals surface area contributed by atoms with E-state index in [1.807, 2.05) is 29.2 Å². The third-order valence-corrected chi connectivity index (χ3v) is 4.91. The molecular formula is C19H26N2O5. The Morgan fingerprint density at radius 3 is 2.50 bits per heavy atom. The molecule has 2 amide bonds. The van der Waals surface area contributed by atoms with Gasteiger partial charge in [0.05, 0.1) is 26.1 Å². The number of piperidine rings is 1. The molecule has 7 nitrogen and oxygen atoms in total. The number of likely N-dealkylation sites (tertiary alicyclic amines) is 2. The number of carbonyl (C=O) groups is 2. The van der Waals surface area contributed by atoms with Crippen molar-refractivity contribution in [1.29, 1.82) is 0 Å². The average Bonchev–Trinajstić information content (AvgIpc) is 2.64. The Bertz CT molecular complexity index is 645. The molecule has 7 heteroatoms. The van der Waals surface area contributed by atoms with E-state index in [0.29, 0.717) is 37.7 Å². The zero-order valence-corrected chi connectivity index (χ0v) is 15.3. The van der Waals surface area contributed by atoms with Crippen LogP contribution < -0.4 is 9.47 Å². The minimum absolute atomic E-state index is 0.0231. The van der Waals surface area contributed by atoms with E-state index in [0.717, 1.165) is 12.8 Å². The summed E-state index contributed by atoms with van der Waals surface area (Å²) in [7, 11) is 3.12. The van der Waals surface area contributed by atoms with Crippen molar-refractivity contribution in [2.45, 2.75) is 18.9 Å². The first-order valence-electron chi connectivity index (χ1n) is 8.97. The second-order valence-corrected chi connectivity index (χ2v) is 6.75. The molecule has 2 aliphatic heterocycles. The lowest BCUT2D eigenvalue weighted by molar-refractivity contribution is -0.148. The molecule has 0 N–H and O–H groups in total.